The van der Waals surface area contributed by atoms with Crippen LogP contribution in [0.25, 0.3) is 0 Å². The number of ether oxygens (including phenoxy) is 1. The first-order valence-electron chi connectivity index (χ1n) is 5.08. The third-order valence-electron chi connectivity index (χ3n) is 2.07. The van der Waals surface area contributed by atoms with Gasteiger partial charge in [-0.3, -0.25) is 0 Å². The molecular weight excluding hydrogens is 284 g/mol. The molecular formula is C10H13ClO4S2. The lowest BCUT2D eigenvalue weighted by Crippen LogP contribution is -2.04. The zero-order valence-corrected chi connectivity index (χ0v) is 11.9. The summed E-state index contributed by atoms with van der Waals surface area (Å²) in [7, 11) is 1.44. The van der Waals surface area contributed by atoms with Crippen molar-refractivity contribution in [2.24, 2.45) is 0 Å². The molecule has 1 heterocycles. The molecule has 0 bridgehead atoms. The normalized spacial score (nSPS) is 11.5. The van der Waals surface area contributed by atoms with Crippen molar-refractivity contribution in [3.8, 4) is 0 Å². The Morgan fingerprint density at radius 3 is 2.65 bits per heavy atom. The lowest BCUT2D eigenvalue weighted by atomic mass is 10.4. The second-order valence-electron chi connectivity index (χ2n) is 3.46. The van der Waals surface area contributed by atoms with Crippen molar-refractivity contribution in [3.05, 3.63) is 15.8 Å². The molecule has 4 nitrogen and oxygen atoms in total. The molecule has 0 aliphatic carbocycles. The second-order valence-corrected chi connectivity index (χ2v) is 7.25. The molecule has 1 aromatic rings. The molecule has 0 fully saturated rings. The third kappa shape index (κ3) is 3.97. The summed E-state index contributed by atoms with van der Waals surface area (Å²) < 4.78 is 27.3. The second kappa shape index (κ2) is 5.84. The minimum absolute atomic E-state index is 0.0217. The van der Waals surface area contributed by atoms with E-state index in [-0.39, 0.29) is 9.77 Å². The summed E-state index contributed by atoms with van der Waals surface area (Å²) in [5, 5.41) is 0. The van der Waals surface area contributed by atoms with Gasteiger partial charge in [0.15, 0.2) is 0 Å². The molecule has 0 N–H and O–H groups in total. The first kappa shape index (κ1) is 14.5. The number of rotatable bonds is 5. The molecule has 0 saturated heterocycles. The maximum Gasteiger partial charge on any atom is 0.348 e. The van der Waals surface area contributed by atoms with Crippen molar-refractivity contribution in [2.75, 3.05) is 6.61 Å². The van der Waals surface area contributed by atoms with Crippen LogP contribution in [-0.4, -0.2) is 21.0 Å². The fourth-order valence-corrected chi connectivity index (χ4v) is 3.75. The van der Waals surface area contributed by atoms with Crippen LogP contribution in [-0.2, 0) is 13.8 Å². The van der Waals surface area contributed by atoms with Crippen molar-refractivity contribution in [3.63, 3.8) is 0 Å². The maximum absolute atomic E-state index is 11.6. The van der Waals surface area contributed by atoms with E-state index >= 15 is 0 Å². The first-order valence-corrected chi connectivity index (χ1v) is 8.21. The number of aryl methyl sites for hydroxylation is 1. The standard InChI is InChI=1S/C10H13ClO4S2/c1-3-4-5-15-10(12)8-6-9(7(2)16-8)17(11,13)14/h6H,3-5H2,1-2H3. The fraction of sp³-hybridized carbons (Fsp3) is 0.500. The number of hydrogen-bond acceptors (Lipinski definition) is 5. The topological polar surface area (TPSA) is 60.4 Å². The Labute approximate surface area is 109 Å². The SMILES string of the molecule is CCCCOC(=O)c1cc(S(=O)(=O)Cl)c(C)s1. The molecule has 96 valence electrons. The predicted octanol–water partition coefficient (Wildman–Crippen LogP) is 2.94. The van der Waals surface area contributed by atoms with E-state index in [1.54, 1.807) is 6.92 Å². The highest BCUT2D eigenvalue weighted by atomic mass is 35.7. The summed E-state index contributed by atoms with van der Waals surface area (Å²) in [5.41, 5.74) is 0. The summed E-state index contributed by atoms with van der Waals surface area (Å²) in [6, 6.07) is 1.26. The average molecular weight is 297 g/mol. The van der Waals surface area contributed by atoms with E-state index < -0.39 is 15.0 Å². The van der Waals surface area contributed by atoms with Crippen LogP contribution >= 0.6 is 22.0 Å². The van der Waals surface area contributed by atoms with E-state index in [0.29, 0.717) is 11.5 Å². The predicted molar refractivity (Wildman–Crippen MR) is 67.3 cm³/mol. The van der Waals surface area contributed by atoms with Gasteiger partial charge in [0.05, 0.1) is 11.5 Å². The van der Waals surface area contributed by atoms with Gasteiger partial charge in [-0.05, 0) is 19.4 Å². The van der Waals surface area contributed by atoms with Crippen LogP contribution in [0.3, 0.4) is 0 Å². The first-order chi connectivity index (χ1) is 7.86. The minimum Gasteiger partial charge on any atom is -0.462 e. The molecule has 0 spiro atoms. The quantitative estimate of drug-likeness (QED) is 0.476. The monoisotopic (exact) mass is 296 g/mol. The number of thiophene rings is 1. The molecule has 0 radical (unpaired) electrons. The van der Waals surface area contributed by atoms with Crippen molar-refractivity contribution in [2.45, 2.75) is 31.6 Å². The van der Waals surface area contributed by atoms with Gasteiger partial charge in [0.2, 0.25) is 0 Å². The fourth-order valence-electron chi connectivity index (χ4n) is 1.19. The molecule has 1 rings (SSSR count). The summed E-state index contributed by atoms with van der Waals surface area (Å²) in [5.74, 6) is -0.502. The zero-order valence-electron chi connectivity index (χ0n) is 9.53. The van der Waals surface area contributed by atoms with Crippen molar-refractivity contribution < 1.29 is 17.9 Å². The lowest BCUT2D eigenvalue weighted by molar-refractivity contribution is 0.0505. The van der Waals surface area contributed by atoms with Crippen LogP contribution in [0.1, 0.15) is 34.3 Å². The van der Waals surface area contributed by atoms with Gasteiger partial charge in [-0.25, -0.2) is 13.2 Å². The Kier molecular flexibility index (Phi) is 4.97. The molecule has 0 aromatic carbocycles. The van der Waals surface area contributed by atoms with Gasteiger partial charge in [-0.15, -0.1) is 11.3 Å². The van der Waals surface area contributed by atoms with Gasteiger partial charge < -0.3 is 4.74 Å². The van der Waals surface area contributed by atoms with E-state index in [1.165, 1.54) is 6.07 Å². The van der Waals surface area contributed by atoms with Crippen LogP contribution in [0.4, 0.5) is 0 Å². The number of halogens is 1. The molecule has 0 amide bonds. The molecule has 0 saturated carbocycles. The molecule has 0 atom stereocenters. The van der Waals surface area contributed by atoms with E-state index in [1.807, 2.05) is 6.92 Å². The van der Waals surface area contributed by atoms with Crippen molar-refractivity contribution >= 4 is 37.0 Å². The number of carbonyl (C=O) groups excluding carboxylic acids is 1. The van der Waals surface area contributed by atoms with Gasteiger partial charge in [0.25, 0.3) is 9.05 Å². The molecule has 7 heteroatoms. The Morgan fingerprint density at radius 2 is 2.18 bits per heavy atom. The Hall–Kier alpha value is -0.590. The molecule has 17 heavy (non-hydrogen) atoms. The van der Waals surface area contributed by atoms with Gasteiger partial charge >= 0.3 is 5.97 Å². The highest BCUT2D eigenvalue weighted by molar-refractivity contribution is 8.13. The molecule has 1 aromatic heterocycles. The van der Waals surface area contributed by atoms with Gasteiger partial charge in [-0.1, -0.05) is 13.3 Å². The van der Waals surface area contributed by atoms with Crippen LogP contribution in [0.2, 0.25) is 0 Å². The van der Waals surface area contributed by atoms with Gasteiger partial charge in [0.1, 0.15) is 4.88 Å². The Morgan fingerprint density at radius 1 is 1.53 bits per heavy atom. The third-order valence-corrected chi connectivity index (χ3v) is 4.67. The van der Waals surface area contributed by atoms with E-state index in [0.717, 1.165) is 24.2 Å². The Balaban J connectivity index is 2.83. The molecule has 0 unspecified atom stereocenters. The summed E-state index contributed by atoms with van der Waals surface area (Å²) in [4.78, 5) is 12.3. The van der Waals surface area contributed by atoms with Gasteiger partial charge in [0, 0.05) is 15.6 Å². The minimum atomic E-state index is -3.80. The van der Waals surface area contributed by atoms with E-state index in [4.69, 9.17) is 15.4 Å². The van der Waals surface area contributed by atoms with Crippen molar-refractivity contribution in [1.29, 1.82) is 0 Å². The highest BCUT2D eigenvalue weighted by Crippen LogP contribution is 2.28. The average Bonchev–Trinajstić information content (AvgIpc) is 2.60. The van der Waals surface area contributed by atoms with Crippen molar-refractivity contribution in [1.82, 2.24) is 0 Å². The Bertz CT molecular complexity index is 504. The summed E-state index contributed by atoms with van der Waals surface area (Å²) in [6.07, 6.45) is 1.72. The number of esters is 1. The lowest BCUT2D eigenvalue weighted by Gasteiger charge is -2.00. The molecule has 0 aliphatic rings. The van der Waals surface area contributed by atoms with E-state index in [9.17, 15) is 13.2 Å². The molecule has 0 aliphatic heterocycles. The van der Waals surface area contributed by atoms with Crippen LogP contribution in [0, 0.1) is 6.92 Å². The van der Waals surface area contributed by atoms with Gasteiger partial charge in [-0.2, -0.15) is 0 Å². The van der Waals surface area contributed by atoms with Crippen LogP contribution in [0.15, 0.2) is 11.0 Å². The zero-order chi connectivity index (χ0) is 13.1. The number of unbranched alkanes of at least 4 members (excludes halogenated alkanes) is 1. The largest absolute Gasteiger partial charge is 0.462 e. The summed E-state index contributed by atoms with van der Waals surface area (Å²) in [6.45, 7) is 3.93. The van der Waals surface area contributed by atoms with Crippen LogP contribution < -0.4 is 0 Å². The number of hydrogen-bond donors (Lipinski definition) is 0. The number of carbonyl (C=O) groups is 1. The van der Waals surface area contributed by atoms with Crippen LogP contribution in [0.5, 0.6) is 0 Å². The highest BCUT2D eigenvalue weighted by Gasteiger charge is 2.20. The van der Waals surface area contributed by atoms with E-state index in [2.05, 4.69) is 0 Å². The maximum atomic E-state index is 11.6. The smallest absolute Gasteiger partial charge is 0.348 e. The summed E-state index contributed by atoms with van der Waals surface area (Å²) >= 11 is 1.07.